The first-order chi connectivity index (χ1) is 11.4. The second kappa shape index (κ2) is 6.88. The van der Waals surface area contributed by atoms with Crippen LogP contribution in [0.5, 0.6) is 0 Å². The summed E-state index contributed by atoms with van der Waals surface area (Å²) in [7, 11) is -3.79. The number of anilines is 1. The molecule has 24 heavy (non-hydrogen) atoms. The highest BCUT2D eigenvalue weighted by atomic mass is 32.2. The number of hydrogen-bond acceptors (Lipinski definition) is 5. The van der Waals surface area contributed by atoms with Crippen LogP contribution in [0.3, 0.4) is 0 Å². The molecule has 1 fully saturated rings. The Kier molecular flexibility index (Phi) is 4.84. The van der Waals surface area contributed by atoms with Crippen LogP contribution in [-0.2, 0) is 16.6 Å². The first-order valence-electron chi connectivity index (χ1n) is 7.94. The Morgan fingerprint density at radius 2 is 1.96 bits per heavy atom. The molecule has 128 valence electrons. The number of primary sulfonamides is 1. The van der Waals surface area contributed by atoms with Crippen LogP contribution in [0.1, 0.15) is 12.5 Å². The van der Waals surface area contributed by atoms with Crippen LogP contribution in [0, 0.1) is 5.92 Å². The Bertz CT molecular complexity index is 795. The zero-order valence-electron chi connectivity index (χ0n) is 13.6. The van der Waals surface area contributed by atoms with Crippen molar-refractivity contribution in [3.05, 3.63) is 54.2 Å². The quantitative estimate of drug-likeness (QED) is 0.860. The van der Waals surface area contributed by atoms with Gasteiger partial charge in [0.05, 0.1) is 0 Å². The molecule has 7 heteroatoms. The molecule has 0 aliphatic carbocycles. The van der Waals surface area contributed by atoms with Gasteiger partial charge < -0.3 is 5.32 Å². The summed E-state index contributed by atoms with van der Waals surface area (Å²) in [6.45, 7) is 4.82. The highest BCUT2D eigenvalue weighted by molar-refractivity contribution is 7.89. The second-order valence-electron chi connectivity index (χ2n) is 6.30. The molecule has 1 aromatic carbocycles. The van der Waals surface area contributed by atoms with E-state index in [1.165, 1.54) is 11.6 Å². The molecule has 0 spiro atoms. The zero-order valence-corrected chi connectivity index (χ0v) is 14.4. The summed E-state index contributed by atoms with van der Waals surface area (Å²) in [5.41, 5.74) is 1.27. The highest BCUT2D eigenvalue weighted by Gasteiger charge is 2.30. The van der Waals surface area contributed by atoms with Gasteiger partial charge in [0.2, 0.25) is 10.0 Å². The normalized spacial score (nSPS) is 21.8. The number of benzene rings is 1. The minimum Gasteiger partial charge on any atom is -0.365 e. The van der Waals surface area contributed by atoms with E-state index < -0.39 is 10.0 Å². The van der Waals surface area contributed by atoms with Crippen LogP contribution in [-0.4, -0.2) is 37.4 Å². The maximum Gasteiger partial charge on any atom is 0.241 e. The smallest absolute Gasteiger partial charge is 0.241 e. The van der Waals surface area contributed by atoms with Crippen molar-refractivity contribution < 1.29 is 8.42 Å². The molecule has 0 amide bonds. The van der Waals surface area contributed by atoms with Crippen molar-refractivity contribution in [2.24, 2.45) is 11.1 Å². The number of sulfonamides is 1. The zero-order chi connectivity index (χ0) is 17.2. The molecule has 2 heterocycles. The predicted molar refractivity (Wildman–Crippen MR) is 93.9 cm³/mol. The monoisotopic (exact) mass is 346 g/mol. The van der Waals surface area contributed by atoms with E-state index in [-0.39, 0.29) is 10.9 Å². The topological polar surface area (TPSA) is 88.3 Å². The van der Waals surface area contributed by atoms with Gasteiger partial charge in [0.15, 0.2) is 0 Å². The fourth-order valence-corrected chi connectivity index (χ4v) is 3.78. The van der Waals surface area contributed by atoms with Gasteiger partial charge in [0, 0.05) is 31.9 Å². The lowest BCUT2D eigenvalue weighted by atomic mass is 10.1. The number of nitrogens with two attached hydrogens (primary N) is 1. The van der Waals surface area contributed by atoms with Crippen LogP contribution in [0.4, 0.5) is 5.82 Å². The summed E-state index contributed by atoms with van der Waals surface area (Å²) < 4.78 is 23.4. The van der Waals surface area contributed by atoms with Crippen LogP contribution in [0.15, 0.2) is 53.6 Å². The SMILES string of the molecule is CC1CN(Cc2ccccc2)CC1Nc1ncccc1S(N)(=O)=O. The molecule has 3 N–H and O–H groups in total. The summed E-state index contributed by atoms with van der Waals surface area (Å²) in [4.78, 5) is 6.56. The third kappa shape index (κ3) is 3.92. The largest absolute Gasteiger partial charge is 0.365 e. The summed E-state index contributed by atoms with van der Waals surface area (Å²) >= 11 is 0. The molecular weight excluding hydrogens is 324 g/mol. The van der Waals surface area contributed by atoms with E-state index in [2.05, 4.69) is 34.3 Å². The minimum atomic E-state index is -3.79. The van der Waals surface area contributed by atoms with E-state index in [0.717, 1.165) is 19.6 Å². The van der Waals surface area contributed by atoms with Crippen molar-refractivity contribution >= 4 is 15.8 Å². The number of nitrogens with one attached hydrogen (secondary N) is 1. The van der Waals surface area contributed by atoms with E-state index in [9.17, 15) is 8.42 Å². The van der Waals surface area contributed by atoms with Crippen LogP contribution in [0.25, 0.3) is 0 Å². The maximum absolute atomic E-state index is 11.7. The van der Waals surface area contributed by atoms with Gasteiger partial charge in [-0.25, -0.2) is 18.5 Å². The fraction of sp³-hybridized carbons (Fsp3) is 0.353. The van der Waals surface area contributed by atoms with Crippen molar-refractivity contribution in [3.63, 3.8) is 0 Å². The average Bonchev–Trinajstić information content (AvgIpc) is 2.87. The van der Waals surface area contributed by atoms with Crippen LogP contribution < -0.4 is 10.5 Å². The Balaban J connectivity index is 1.71. The van der Waals surface area contributed by atoms with Crippen molar-refractivity contribution in [3.8, 4) is 0 Å². The summed E-state index contributed by atoms with van der Waals surface area (Å²) in [6, 6.07) is 13.5. The standard InChI is InChI=1S/C17H22N4O2S/c1-13-10-21(11-14-6-3-2-4-7-14)12-15(13)20-17-16(24(18,22)23)8-5-9-19-17/h2-9,13,15H,10-12H2,1H3,(H,19,20)(H2,18,22,23). The van der Waals surface area contributed by atoms with Gasteiger partial charge in [-0.05, 0) is 23.6 Å². The Hall–Kier alpha value is -1.96. The lowest BCUT2D eigenvalue weighted by molar-refractivity contribution is 0.319. The number of likely N-dealkylation sites (tertiary alicyclic amines) is 1. The molecule has 2 aromatic rings. The van der Waals surface area contributed by atoms with Gasteiger partial charge in [-0.15, -0.1) is 0 Å². The van der Waals surface area contributed by atoms with Gasteiger partial charge in [-0.1, -0.05) is 37.3 Å². The van der Waals surface area contributed by atoms with Gasteiger partial charge >= 0.3 is 0 Å². The number of aromatic nitrogens is 1. The average molecular weight is 346 g/mol. The van der Waals surface area contributed by atoms with Crippen molar-refractivity contribution in [1.82, 2.24) is 9.88 Å². The molecule has 1 aromatic heterocycles. The van der Waals surface area contributed by atoms with Gasteiger partial charge in [-0.2, -0.15) is 0 Å². The number of rotatable bonds is 5. The molecule has 1 saturated heterocycles. The van der Waals surface area contributed by atoms with E-state index in [1.807, 2.05) is 18.2 Å². The number of pyridine rings is 1. The van der Waals surface area contributed by atoms with Crippen molar-refractivity contribution in [2.75, 3.05) is 18.4 Å². The molecule has 1 aliphatic rings. The van der Waals surface area contributed by atoms with Gasteiger partial charge in [0.25, 0.3) is 0 Å². The van der Waals surface area contributed by atoms with E-state index >= 15 is 0 Å². The van der Waals surface area contributed by atoms with E-state index in [4.69, 9.17) is 5.14 Å². The molecular formula is C17H22N4O2S. The molecule has 6 nitrogen and oxygen atoms in total. The van der Waals surface area contributed by atoms with Crippen LogP contribution in [0.2, 0.25) is 0 Å². The Morgan fingerprint density at radius 3 is 2.67 bits per heavy atom. The molecule has 0 bridgehead atoms. The minimum absolute atomic E-state index is 0.0405. The molecule has 0 radical (unpaired) electrons. The Morgan fingerprint density at radius 1 is 1.21 bits per heavy atom. The third-order valence-corrected chi connectivity index (χ3v) is 5.28. The van der Waals surface area contributed by atoms with Crippen molar-refractivity contribution in [2.45, 2.75) is 24.4 Å². The van der Waals surface area contributed by atoms with E-state index in [0.29, 0.717) is 11.7 Å². The number of nitrogens with zero attached hydrogens (tertiary/aromatic N) is 2. The van der Waals surface area contributed by atoms with Gasteiger partial charge in [0.1, 0.15) is 10.7 Å². The summed E-state index contributed by atoms with van der Waals surface area (Å²) in [6.07, 6.45) is 1.57. The molecule has 0 saturated carbocycles. The van der Waals surface area contributed by atoms with Crippen molar-refractivity contribution in [1.29, 1.82) is 0 Å². The highest BCUT2D eigenvalue weighted by Crippen LogP contribution is 2.24. The third-order valence-electron chi connectivity index (χ3n) is 4.34. The second-order valence-corrected chi connectivity index (χ2v) is 7.83. The lowest BCUT2D eigenvalue weighted by Crippen LogP contribution is -2.29. The summed E-state index contributed by atoms with van der Waals surface area (Å²) in [5, 5.41) is 8.55. The lowest BCUT2D eigenvalue weighted by Gasteiger charge is -2.19. The molecule has 1 aliphatic heterocycles. The first kappa shape index (κ1) is 16.9. The molecule has 2 atom stereocenters. The fourth-order valence-electron chi connectivity index (χ4n) is 3.13. The molecule has 2 unspecified atom stereocenters. The van der Waals surface area contributed by atoms with Gasteiger partial charge in [-0.3, -0.25) is 4.90 Å². The predicted octanol–water partition coefficient (Wildman–Crippen LogP) is 1.66. The van der Waals surface area contributed by atoms with E-state index in [1.54, 1.807) is 12.3 Å². The maximum atomic E-state index is 11.7. The van der Waals surface area contributed by atoms with Crippen LogP contribution >= 0.6 is 0 Å². The number of hydrogen-bond donors (Lipinski definition) is 2. The Labute approximate surface area is 142 Å². The first-order valence-corrected chi connectivity index (χ1v) is 9.49. The molecule has 3 rings (SSSR count). The summed E-state index contributed by atoms with van der Waals surface area (Å²) in [5.74, 6) is 0.711.